The van der Waals surface area contributed by atoms with Gasteiger partial charge in [-0.3, -0.25) is 0 Å². The van der Waals surface area contributed by atoms with Crippen molar-refractivity contribution in [3.05, 3.63) is 228 Å². The summed E-state index contributed by atoms with van der Waals surface area (Å²) >= 11 is 1.90. The van der Waals surface area contributed by atoms with Crippen molar-refractivity contribution in [2.24, 2.45) is 0 Å². The molecule has 2 aliphatic rings. The standard InChI is InChI=1S/C61H46N2S/c1-37(2)40-31-41(38(3)4)33-42(32-40)39-25-28-57-49(34-39)47-17-7-12-22-55(47)62(57)43-26-29-58-50(35-43)48-18-8-13-23-56(48)63(58)44-27-30-60-54(36-44)61(53-21-11-14-24-59(53)64-60)51-19-9-5-15-45(51)46-16-6-10-20-52(46)61/h5-38H,1-4H3. The SMILES string of the molecule is CC(C)c1cc(-c2ccc3c(c2)c2ccccc2n3-c2ccc3c(c2)c2ccccc2n3-c2ccc3c(c2)C2(c4ccccc4S3)c3ccccc3-c3ccccc32)cc(C(C)C)c1. The summed E-state index contributed by atoms with van der Waals surface area (Å²) in [5, 5.41) is 5.03. The highest BCUT2D eigenvalue weighted by molar-refractivity contribution is 7.99. The van der Waals surface area contributed by atoms with E-state index < -0.39 is 5.41 Å². The first-order valence-corrected chi connectivity index (χ1v) is 23.5. The number of nitrogens with zero attached hydrogens (tertiary/aromatic N) is 2. The molecule has 306 valence electrons. The number of hydrogen-bond acceptors (Lipinski definition) is 1. The molecule has 13 rings (SSSR count). The second kappa shape index (κ2) is 14.0. The predicted molar refractivity (Wildman–Crippen MR) is 270 cm³/mol. The van der Waals surface area contributed by atoms with Crippen LogP contribution in [0.1, 0.15) is 72.9 Å². The molecule has 3 heterocycles. The average Bonchev–Trinajstić information content (AvgIpc) is 3.95. The van der Waals surface area contributed by atoms with E-state index in [4.69, 9.17) is 0 Å². The molecular formula is C61H46N2S. The third kappa shape index (κ3) is 5.22. The van der Waals surface area contributed by atoms with Crippen molar-refractivity contribution in [3.8, 4) is 33.6 Å². The zero-order chi connectivity index (χ0) is 42.8. The molecule has 0 bridgehead atoms. The highest BCUT2D eigenvalue weighted by Gasteiger charge is 2.50. The Labute approximate surface area is 378 Å². The van der Waals surface area contributed by atoms with Crippen molar-refractivity contribution in [1.29, 1.82) is 0 Å². The first-order valence-electron chi connectivity index (χ1n) is 22.7. The molecule has 0 N–H and O–H groups in total. The molecule has 0 saturated heterocycles. The lowest BCUT2D eigenvalue weighted by atomic mass is 9.67. The van der Waals surface area contributed by atoms with Crippen molar-refractivity contribution in [3.63, 3.8) is 0 Å². The van der Waals surface area contributed by atoms with Crippen LogP contribution < -0.4 is 0 Å². The first-order chi connectivity index (χ1) is 31.4. The first kappa shape index (κ1) is 37.5. The number of rotatable bonds is 5. The number of para-hydroxylation sites is 2. The van der Waals surface area contributed by atoms with Crippen molar-refractivity contribution in [1.82, 2.24) is 9.13 Å². The molecule has 11 aromatic rings. The molecule has 0 unspecified atom stereocenters. The van der Waals surface area contributed by atoms with Gasteiger partial charge in [0.2, 0.25) is 0 Å². The molecule has 9 aromatic carbocycles. The predicted octanol–water partition coefficient (Wildman–Crippen LogP) is 16.6. The molecule has 0 amide bonds. The highest BCUT2D eigenvalue weighted by atomic mass is 32.2. The van der Waals surface area contributed by atoms with Crippen LogP contribution in [-0.2, 0) is 5.41 Å². The lowest BCUT2D eigenvalue weighted by Crippen LogP contribution is -2.32. The summed E-state index contributed by atoms with van der Waals surface area (Å²) in [6.07, 6.45) is 0. The lowest BCUT2D eigenvalue weighted by Gasteiger charge is -2.40. The van der Waals surface area contributed by atoms with Crippen molar-refractivity contribution in [2.75, 3.05) is 0 Å². The summed E-state index contributed by atoms with van der Waals surface area (Å²) < 4.78 is 4.96. The Bertz CT molecular complexity index is 3660. The molecular weight excluding hydrogens is 793 g/mol. The molecule has 1 spiro atoms. The van der Waals surface area contributed by atoms with Gasteiger partial charge in [0.25, 0.3) is 0 Å². The van der Waals surface area contributed by atoms with Crippen LogP contribution in [0, 0.1) is 0 Å². The summed E-state index contributed by atoms with van der Waals surface area (Å²) in [5.74, 6) is 0.929. The summed E-state index contributed by atoms with van der Waals surface area (Å²) in [4.78, 5) is 2.63. The Balaban J connectivity index is 1.01. The topological polar surface area (TPSA) is 9.86 Å². The van der Waals surface area contributed by atoms with Gasteiger partial charge in [0.1, 0.15) is 0 Å². The minimum Gasteiger partial charge on any atom is -0.309 e. The van der Waals surface area contributed by atoms with E-state index in [1.165, 1.54) is 115 Å². The zero-order valence-corrected chi connectivity index (χ0v) is 37.2. The Morgan fingerprint density at radius 3 is 1.48 bits per heavy atom. The van der Waals surface area contributed by atoms with Crippen LogP contribution in [-0.4, -0.2) is 9.13 Å². The zero-order valence-electron chi connectivity index (χ0n) is 36.4. The van der Waals surface area contributed by atoms with Gasteiger partial charge in [-0.15, -0.1) is 0 Å². The van der Waals surface area contributed by atoms with Gasteiger partial charge in [-0.1, -0.05) is 167 Å². The normalized spacial score (nSPS) is 13.7. The van der Waals surface area contributed by atoms with E-state index >= 15 is 0 Å². The third-order valence-electron chi connectivity index (χ3n) is 14.3. The summed E-state index contributed by atoms with van der Waals surface area (Å²) in [6.45, 7) is 9.18. The smallest absolute Gasteiger partial charge is 0.0736 e. The van der Waals surface area contributed by atoms with Gasteiger partial charge in [0, 0.05) is 42.7 Å². The second-order valence-corrected chi connectivity index (χ2v) is 19.5. The maximum absolute atomic E-state index is 2.50. The summed E-state index contributed by atoms with van der Waals surface area (Å²) in [5.41, 5.74) is 20.1. The van der Waals surface area contributed by atoms with Crippen LogP contribution in [0.2, 0.25) is 0 Å². The lowest BCUT2D eigenvalue weighted by molar-refractivity contribution is 0.721. The van der Waals surface area contributed by atoms with Crippen LogP contribution in [0.4, 0.5) is 0 Å². The van der Waals surface area contributed by atoms with Crippen molar-refractivity contribution >= 4 is 55.4 Å². The number of benzene rings is 9. The Morgan fingerprint density at radius 1 is 0.359 bits per heavy atom. The van der Waals surface area contributed by atoms with Gasteiger partial charge in [-0.25, -0.2) is 0 Å². The molecule has 0 saturated carbocycles. The highest BCUT2D eigenvalue weighted by Crippen LogP contribution is 2.62. The van der Waals surface area contributed by atoms with Crippen molar-refractivity contribution in [2.45, 2.75) is 54.7 Å². The molecule has 2 aromatic heterocycles. The molecule has 1 aliphatic heterocycles. The Morgan fingerprint density at radius 2 is 0.844 bits per heavy atom. The van der Waals surface area contributed by atoms with Crippen LogP contribution in [0.15, 0.2) is 204 Å². The van der Waals surface area contributed by atoms with E-state index in [0.717, 1.165) is 5.69 Å². The fourth-order valence-corrected chi connectivity index (χ4v) is 12.5. The average molecular weight is 839 g/mol. The van der Waals surface area contributed by atoms with Crippen molar-refractivity contribution < 1.29 is 0 Å². The maximum Gasteiger partial charge on any atom is 0.0736 e. The van der Waals surface area contributed by atoms with Gasteiger partial charge in [-0.05, 0) is 134 Å². The van der Waals surface area contributed by atoms with E-state index in [-0.39, 0.29) is 0 Å². The quantitative estimate of drug-likeness (QED) is 0.168. The number of fused-ring (bicyclic) bond motifs is 15. The van der Waals surface area contributed by atoms with E-state index in [0.29, 0.717) is 11.8 Å². The van der Waals surface area contributed by atoms with Crippen LogP contribution in [0.5, 0.6) is 0 Å². The molecule has 0 fully saturated rings. The van der Waals surface area contributed by atoms with Crippen LogP contribution in [0.25, 0.3) is 77.2 Å². The second-order valence-electron chi connectivity index (χ2n) is 18.5. The monoisotopic (exact) mass is 838 g/mol. The number of hydrogen-bond donors (Lipinski definition) is 0. The Hall–Kier alpha value is -7.07. The molecule has 64 heavy (non-hydrogen) atoms. The van der Waals surface area contributed by atoms with Gasteiger partial charge in [-0.2, -0.15) is 0 Å². The minimum absolute atomic E-state index is 0.434. The number of aromatic nitrogens is 2. The van der Waals surface area contributed by atoms with E-state index in [9.17, 15) is 0 Å². The maximum atomic E-state index is 2.50. The third-order valence-corrected chi connectivity index (χ3v) is 15.5. The fourth-order valence-electron chi connectivity index (χ4n) is 11.3. The summed E-state index contributed by atoms with van der Waals surface area (Å²) in [7, 11) is 0. The molecule has 3 heteroatoms. The fraction of sp³-hybridized carbons (Fsp3) is 0.115. The van der Waals surface area contributed by atoms with E-state index in [2.05, 4.69) is 231 Å². The van der Waals surface area contributed by atoms with E-state index in [1.807, 2.05) is 11.8 Å². The molecule has 0 radical (unpaired) electrons. The molecule has 2 nitrogen and oxygen atoms in total. The molecule has 0 atom stereocenters. The van der Waals surface area contributed by atoms with E-state index in [1.54, 1.807) is 0 Å². The van der Waals surface area contributed by atoms with Gasteiger partial charge < -0.3 is 9.13 Å². The molecule has 1 aliphatic carbocycles. The van der Waals surface area contributed by atoms with Gasteiger partial charge >= 0.3 is 0 Å². The van der Waals surface area contributed by atoms with Gasteiger partial charge in [0.15, 0.2) is 0 Å². The minimum atomic E-state index is -0.434. The largest absolute Gasteiger partial charge is 0.309 e. The van der Waals surface area contributed by atoms with Crippen LogP contribution >= 0.6 is 11.8 Å². The van der Waals surface area contributed by atoms with Crippen LogP contribution in [0.3, 0.4) is 0 Å². The Kier molecular flexibility index (Phi) is 8.18. The van der Waals surface area contributed by atoms with Gasteiger partial charge in [0.05, 0.1) is 27.5 Å². The summed E-state index contributed by atoms with van der Waals surface area (Å²) in [6, 6.07) is 73.7.